The SMILES string of the molecule is Cc1c(C(=O)N2CCN3[C@@H](COC[C@@H]3c3ccccc3)C2)ccn1C. The number of amides is 1. The molecule has 1 aromatic carbocycles. The molecule has 25 heavy (non-hydrogen) atoms. The second-order valence-corrected chi connectivity index (χ2v) is 7.03. The molecule has 1 aromatic heterocycles. The number of nitrogens with zero attached hydrogens (tertiary/aromatic N) is 3. The summed E-state index contributed by atoms with van der Waals surface area (Å²) in [6.45, 7) is 5.82. The van der Waals surface area contributed by atoms with Gasteiger partial charge >= 0.3 is 0 Å². The van der Waals surface area contributed by atoms with Crippen LogP contribution in [0.3, 0.4) is 0 Å². The summed E-state index contributed by atoms with van der Waals surface area (Å²) in [7, 11) is 1.98. The van der Waals surface area contributed by atoms with Gasteiger partial charge in [0, 0.05) is 38.6 Å². The highest BCUT2D eigenvalue weighted by atomic mass is 16.5. The first-order valence-corrected chi connectivity index (χ1v) is 8.95. The summed E-state index contributed by atoms with van der Waals surface area (Å²) in [4.78, 5) is 17.4. The third kappa shape index (κ3) is 2.98. The number of aromatic nitrogens is 1. The fraction of sp³-hybridized carbons (Fsp3) is 0.450. The maximum absolute atomic E-state index is 12.9. The number of rotatable bonds is 2. The van der Waals surface area contributed by atoms with Gasteiger partial charge in [0.15, 0.2) is 0 Å². The molecule has 0 unspecified atom stereocenters. The highest BCUT2D eigenvalue weighted by Crippen LogP contribution is 2.30. The molecule has 2 fully saturated rings. The quantitative estimate of drug-likeness (QED) is 0.842. The van der Waals surface area contributed by atoms with Gasteiger partial charge in [-0.2, -0.15) is 0 Å². The van der Waals surface area contributed by atoms with E-state index in [0.717, 1.165) is 37.5 Å². The molecular weight excluding hydrogens is 314 g/mol. The number of morpholine rings is 1. The molecule has 2 aliphatic heterocycles. The van der Waals surface area contributed by atoms with Crippen molar-refractivity contribution in [3.05, 3.63) is 59.4 Å². The second-order valence-electron chi connectivity index (χ2n) is 7.03. The maximum Gasteiger partial charge on any atom is 0.255 e. The molecule has 0 radical (unpaired) electrons. The third-order valence-electron chi connectivity index (χ3n) is 5.60. The van der Waals surface area contributed by atoms with E-state index in [9.17, 15) is 4.79 Å². The van der Waals surface area contributed by atoms with Gasteiger partial charge in [-0.15, -0.1) is 0 Å². The number of benzene rings is 1. The molecule has 2 saturated heterocycles. The van der Waals surface area contributed by atoms with Crippen LogP contribution in [-0.2, 0) is 11.8 Å². The van der Waals surface area contributed by atoms with Crippen molar-refractivity contribution in [3.63, 3.8) is 0 Å². The van der Waals surface area contributed by atoms with Gasteiger partial charge in [0.1, 0.15) is 0 Å². The Balaban J connectivity index is 1.50. The Morgan fingerprint density at radius 3 is 2.64 bits per heavy atom. The van der Waals surface area contributed by atoms with Gasteiger partial charge in [0.25, 0.3) is 5.91 Å². The summed E-state index contributed by atoms with van der Waals surface area (Å²) in [5, 5.41) is 0. The number of hydrogen-bond acceptors (Lipinski definition) is 3. The van der Waals surface area contributed by atoms with Gasteiger partial charge in [-0.05, 0) is 18.6 Å². The highest BCUT2D eigenvalue weighted by molar-refractivity contribution is 5.95. The molecule has 5 heteroatoms. The molecule has 0 N–H and O–H groups in total. The largest absolute Gasteiger partial charge is 0.378 e. The van der Waals surface area contributed by atoms with Crippen molar-refractivity contribution in [3.8, 4) is 0 Å². The minimum absolute atomic E-state index is 0.139. The maximum atomic E-state index is 12.9. The van der Waals surface area contributed by atoms with E-state index in [1.54, 1.807) is 0 Å². The van der Waals surface area contributed by atoms with E-state index in [1.165, 1.54) is 5.56 Å². The first-order chi connectivity index (χ1) is 12.1. The van der Waals surface area contributed by atoms with Crippen molar-refractivity contribution in [1.82, 2.24) is 14.4 Å². The molecule has 0 aliphatic carbocycles. The summed E-state index contributed by atoms with van der Waals surface area (Å²) in [5.74, 6) is 0.139. The molecule has 5 nitrogen and oxygen atoms in total. The van der Waals surface area contributed by atoms with Gasteiger partial charge in [-0.3, -0.25) is 9.69 Å². The van der Waals surface area contributed by atoms with E-state index in [1.807, 2.05) is 41.8 Å². The van der Waals surface area contributed by atoms with E-state index >= 15 is 0 Å². The first kappa shape index (κ1) is 16.4. The molecule has 4 rings (SSSR count). The average molecular weight is 339 g/mol. The standard InChI is InChI=1S/C20H25N3O2/c1-15-18(8-9-21(15)2)20(24)22-10-11-23-17(12-22)13-25-14-19(23)16-6-4-3-5-7-16/h3-9,17,19H,10-14H2,1-2H3/t17-,19-/m1/s1. The predicted octanol–water partition coefficient (Wildman–Crippen LogP) is 2.23. The number of piperazine rings is 1. The van der Waals surface area contributed by atoms with Crippen molar-refractivity contribution in [2.24, 2.45) is 7.05 Å². The number of aryl methyl sites for hydroxylation is 1. The minimum Gasteiger partial charge on any atom is -0.378 e. The molecule has 0 spiro atoms. The lowest BCUT2D eigenvalue weighted by atomic mass is 10.00. The molecule has 2 aromatic rings. The molecule has 2 atom stereocenters. The summed E-state index contributed by atoms with van der Waals surface area (Å²) in [6.07, 6.45) is 1.95. The summed E-state index contributed by atoms with van der Waals surface area (Å²) < 4.78 is 7.88. The number of ether oxygens (including phenoxy) is 1. The molecule has 2 aliphatic rings. The van der Waals surface area contributed by atoms with E-state index in [-0.39, 0.29) is 18.0 Å². The van der Waals surface area contributed by atoms with Crippen LogP contribution in [0.25, 0.3) is 0 Å². The van der Waals surface area contributed by atoms with E-state index in [0.29, 0.717) is 6.61 Å². The van der Waals surface area contributed by atoms with Crippen LogP contribution in [0.4, 0.5) is 0 Å². The van der Waals surface area contributed by atoms with E-state index < -0.39 is 0 Å². The summed E-state index contributed by atoms with van der Waals surface area (Å²) in [6, 6.07) is 13.0. The van der Waals surface area contributed by atoms with Crippen LogP contribution in [0.1, 0.15) is 27.7 Å². The molecule has 132 valence electrons. The van der Waals surface area contributed by atoms with Crippen LogP contribution in [0.2, 0.25) is 0 Å². The summed E-state index contributed by atoms with van der Waals surface area (Å²) in [5.41, 5.74) is 3.13. The highest BCUT2D eigenvalue weighted by Gasteiger charge is 2.38. The number of hydrogen-bond donors (Lipinski definition) is 0. The van der Waals surface area contributed by atoms with Crippen LogP contribution in [0.15, 0.2) is 42.6 Å². The molecule has 0 saturated carbocycles. The zero-order chi connectivity index (χ0) is 17.4. The lowest BCUT2D eigenvalue weighted by molar-refractivity contribution is -0.0770. The van der Waals surface area contributed by atoms with E-state index in [4.69, 9.17) is 4.74 Å². The third-order valence-corrected chi connectivity index (χ3v) is 5.60. The molecule has 1 amide bonds. The minimum atomic E-state index is 0.139. The van der Waals surface area contributed by atoms with Gasteiger partial charge < -0.3 is 14.2 Å². The number of carbonyl (C=O) groups excluding carboxylic acids is 1. The van der Waals surface area contributed by atoms with Crippen molar-refractivity contribution in [2.45, 2.75) is 19.0 Å². The molecular formula is C20H25N3O2. The van der Waals surface area contributed by atoms with Gasteiger partial charge in [0.05, 0.1) is 30.9 Å². The second kappa shape index (κ2) is 6.65. The Morgan fingerprint density at radius 2 is 1.92 bits per heavy atom. The van der Waals surface area contributed by atoms with Crippen LogP contribution in [0.5, 0.6) is 0 Å². The Bertz CT molecular complexity index is 756. The zero-order valence-electron chi connectivity index (χ0n) is 14.9. The van der Waals surface area contributed by atoms with Gasteiger partial charge in [-0.25, -0.2) is 0 Å². The average Bonchev–Trinajstić information content (AvgIpc) is 3.00. The lowest BCUT2D eigenvalue weighted by Crippen LogP contribution is -2.60. The smallest absolute Gasteiger partial charge is 0.255 e. The van der Waals surface area contributed by atoms with Crippen LogP contribution in [0, 0.1) is 6.92 Å². The lowest BCUT2D eigenvalue weighted by Gasteiger charge is -2.48. The normalized spacial score (nSPS) is 24.2. The van der Waals surface area contributed by atoms with Crippen molar-refractivity contribution in [1.29, 1.82) is 0 Å². The Kier molecular flexibility index (Phi) is 4.36. The van der Waals surface area contributed by atoms with Gasteiger partial charge in [-0.1, -0.05) is 30.3 Å². The summed E-state index contributed by atoms with van der Waals surface area (Å²) >= 11 is 0. The number of carbonyl (C=O) groups is 1. The molecule has 3 heterocycles. The van der Waals surface area contributed by atoms with E-state index in [2.05, 4.69) is 29.2 Å². The fourth-order valence-corrected chi connectivity index (χ4v) is 3.99. The monoisotopic (exact) mass is 339 g/mol. The topological polar surface area (TPSA) is 37.7 Å². The van der Waals surface area contributed by atoms with Gasteiger partial charge in [0.2, 0.25) is 0 Å². The Hall–Kier alpha value is -2.11. The van der Waals surface area contributed by atoms with Crippen molar-refractivity contribution >= 4 is 5.91 Å². The van der Waals surface area contributed by atoms with Crippen LogP contribution in [-0.4, -0.2) is 59.2 Å². The first-order valence-electron chi connectivity index (χ1n) is 8.95. The number of fused-ring (bicyclic) bond motifs is 1. The van der Waals surface area contributed by atoms with Crippen LogP contribution >= 0.6 is 0 Å². The van der Waals surface area contributed by atoms with Crippen LogP contribution < -0.4 is 0 Å². The van der Waals surface area contributed by atoms with Crippen molar-refractivity contribution in [2.75, 3.05) is 32.8 Å². The fourth-order valence-electron chi connectivity index (χ4n) is 3.99. The molecule has 0 bridgehead atoms. The predicted molar refractivity (Wildman–Crippen MR) is 96.5 cm³/mol. The zero-order valence-corrected chi connectivity index (χ0v) is 14.9. The van der Waals surface area contributed by atoms with Crippen molar-refractivity contribution < 1.29 is 9.53 Å². The Morgan fingerprint density at radius 1 is 1.12 bits per heavy atom. The Labute approximate surface area is 148 Å².